The first-order chi connectivity index (χ1) is 9.93. The van der Waals surface area contributed by atoms with Crippen molar-refractivity contribution in [3.8, 4) is 0 Å². The van der Waals surface area contributed by atoms with Crippen LogP contribution in [0.3, 0.4) is 0 Å². The number of ether oxygens (including phenoxy) is 1. The molecule has 0 radical (unpaired) electrons. The highest BCUT2D eigenvalue weighted by atomic mass is 32.2. The number of nitrogens with zero attached hydrogens (tertiary/aromatic N) is 3. The van der Waals surface area contributed by atoms with Crippen LogP contribution in [0.1, 0.15) is 34.1 Å². The number of hydrogen-bond acceptors (Lipinski definition) is 6. The summed E-state index contributed by atoms with van der Waals surface area (Å²) in [6.45, 7) is 11.1. The molecule has 0 bridgehead atoms. The fourth-order valence-electron chi connectivity index (χ4n) is 2.64. The van der Waals surface area contributed by atoms with E-state index in [1.165, 1.54) is 0 Å². The van der Waals surface area contributed by atoms with Crippen molar-refractivity contribution in [2.24, 2.45) is 0 Å². The van der Waals surface area contributed by atoms with Gasteiger partial charge in [0.2, 0.25) is 0 Å². The standard InChI is InChI=1S/C15H26N4OS/c1-6-7-16-12-8-13(18-14(17-12)21-5)19-9-11(2)20-15(3,4)10-19/h8,11H,6-7,9-10H2,1-5H3,(H,16,17,18). The van der Waals surface area contributed by atoms with Crippen LogP contribution in [0.15, 0.2) is 11.2 Å². The number of rotatable bonds is 5. The van der Waals surface area contributed by atoms with Crippen LogP contribution in [-0.2, 0) is 4.74 Å². The van der Waals surface area contributed by atoms with Crippen molar-refractivity contribution in [3.63, 3.8) is 0 Å². The molecule has 1 aromatic heterocycles. The fourth-order valence-corrected chi connectivity index (χ4v) is 3.01. The average molecular weight is 310 g/mol. The molecule has 0 saturated carbocycles. The van der Waals surface area contributed by atoms with Crippen LogP contribution in [0.25, 0.3) is 0 Å². The van der Waals surface area contributed by atoms with Crippen LogP contribution in [0.4, 0.5) is 11.6 Å². The molecule has 0 aliphatic carbocycles. The Hall–Kier alpha value is -1.01. The summed E-state index contributed by atoms with van der Waals surface area (Å²) in [4.78, 5) is 11.5. The van der Waals surface area contributed by atoms with Crippen molar-refractivity contribution < 1.29 is 4.74 Å². The number of hydrogen-bond donors (Lipinski definition) is 1. The Bertz CT molecular complexity index is 481. The predicted octanol–water partition coefficient (Wildman–Crippen LogP) is 3.02. The lowest BCUT2D eigenvalue weighted by Gasteiger charge is -2.42. The van der Waals surface area contributed by atoms with Crippen LogP contribution in [-0.4, -0.2) is 47.6 Å². The van der Waals surface area contributed by atoms with E-state index in [-0.39, 0.29) is 11.7 Å². The first kappa shape index (κ1) is 16.4. The van der Waals surface area contributed by atoms with Gasteiger partial charge in [0.05, 0.1) is 11.7 Å². The summed E-state index contributed by atoms with van der Waals surface area (Å²) in [6, 6.07) is 2.05. The Labute approximate surface area is 131 Å². The van der Waals surface area contributed by atoms with Crippen LogP contribution < -0.4 is 10.2 Å². The van der Waals surface area contributed by atoms with Crippen molar-refractivity contribution in [1.29, 1.82) is 0 Å². The zero-order chi connectivity index (χ0) is 15.5. The fraction of sp³-hybridized carbons (Fsp3) is 0.733. The maximum atomic E-state index is 5.97. The Balaban J connectivity index is 2.24. The zero-order valence-electron chi connectivity index (χ0n) is 13.6. The summed E-state index contributed by atoms with van der Waals surface area (Å²) in [6.07, 6.45) is 3.29. The topological polar surface area (TPSA) is 50.3 Å². The molecule has 0 spiro atoms. The van der Waals surface area contributed by atoms with Crippen molar-refractivity contribution in [1.82, 2.24) is 9.97 Å². The van der Waals surface area contributed by atoms with Crippen LogP contribution >= 0.6 is 11.8 Å². The maximum Gasteiger partial charge on any atom is 0.191 e. The van der Waals surface area contributed by atoms with Crippen molar-refractivity contribution >= 4 is 23.4 Å². The largest absolute Gasteiger partial charge is 0.370 e. The highest BCUT2D eigenvalue weighted by molar-refractivity contribution is 7.98. The molecule has 1 N–H and O–H groups in total. The summed E-state index contributed by atoms with van der Waals surface area (Å²) < 4.78 is 5.97. The second-order valence-electron chi connectivity index (χ2n) is 6.09. The zero-order valence-corrected chi connectivity index (χ0v) is 14.5. The van der Waals surface area contributed by atoms with Gasteiger partial charge in [-0.15, -0.1) is 0 Å². The average Bonchev–Trinajstić information content (AvgIpc) is 2.42. The summed E-state index contributed by atoms with van der Waals surface area (Å²) in [5.41, 5.74) is -0.154. The number of thioether (sulfide) groups is 1. The van der Waals surface area contributed by atoms with E-state index in [0.29, 0.717) is 0 Å². The summed E-state index contributed by atoms with van der Waals surface area (Å²) >= 11 is 1.58. The van der Waals surface area contributed by atoms with Gasteiger partial charge in [-0.25, -0.2) is 9.97 Å². The van der Waals surface area contributed by atoms with Gasteiger partial charge in [-0.2, -0.15) is 0 Å². The predicted molar refractivity (Wildman–Crippen MR) is 89.4 cm³/mol. The van der Waals surface area contributed by atoms with Crippen LogP contribution in [0, 0.1) is 0 Å². The van der Waals surface area contributed by atoms with Gasteiger partial charge in [-0.1, -0.05) is 18.7 Å². The molecule has 21 heavy (non-hydrogen) atoms. The minimum atomic E-state index is -0.154. The molecule has 1 atom stereocenters. The lowest BCUT2D eigenvalue weighted by molar-refractivity contribution is -0.0752. The lowest BCUT2D eigenvalue weighted by atomic mass is 10.1. The minimum absolute atomic E-state index is 0.154. The molecule has 6 heteroatoms. The minimum Gasteiger partial charge on any atom is -0.370 e. The molecular weight excluding hydrogens is 284 g/mol. The SMILES string of the molecule is CCCNc1cc(N2CC(C)OC(C)(C)C2)nc(SC)n1. The van der Waals surface area contributed by atoms with Gasteiger partial charge in [0.15, 0.2) is 5.16 Å². The summed E-state index contributed by atoms with van der Waals surface area (Å²) in [5.74, 6) is 1.89. The molecule has 1 fully saturated rings. The van der Waals surface area contributed by atoms with Gasteiger partial charge in [0.25, 0.3) is 0 Å². The van der Waals surface area contributed by atoms with Gasteiger partial charge in [0.1, 0.15) is 11.6 Å². The third-order valence-electron chi connectivity index (χ3n) is 3.32. The summed E-state index contributed by atoms with van der Waals surface area (Å²) in [5, 5.41) is 4.17. The van der Waals surface area contributed by atoms with Gasteiger partial charge in [-0.3, -0.25) is 0 Å². The maximum absolute atomic E-state index is 5.97. The second-order valence-corrected chi connectivity index (χ2v) is 6.87. The van der Waals surface area contributed by atoms with Crippen molar-refractivity contribution in [2.75, 3.05) is 36.1 Å². The smallest absolute Gasteiger partial charge is 0.191 e. The van der Waals surface area contributed by atoms with E-state index < -0.39 is 0 Å². The molecule has 0 aromatic carbocycles. The number of anilines is 2. The Kier molecular flexibility index (Phi) is 5.32. The number of morpholine rings is 1. The van der Waals surface area contributed by atoms with E-state index in [9.17, 15) is 0 Å². The molecule has 1 aromatic rings. The molecule has 1 saturated heterocycles. The van der Waals surface area contributed by atoms with E-state index in [1.54, 1.807) is 11.8 Å². The van der Waals surface area contributed by atoms with Gasteiger partial charge >= 0.3 is 0 Å². The van der Waals surface area contributed by atoms with E-state index >= 15 is 0 Å². The van der Waals surface area contributed by atoms with Crippen LogP contribution in [0.5, 0.6) is 0 Å². The third kappa shape index (κ3) is 4.48. The van der Waals surface area contributed by atoms with Crippen molar-refractivity contribution in [2.45, 2.75) is 51.0 Å². The molecular formula is C15H26N4OS. The first-order valence-corrected chi connectivity index (χ1v) is 8.75. The van der Waals surface area contributed by atoms with E-state index in [4.69, 9.17) is 4.74 Å². The highest BCUT2D eigenvalue weighted by Gasteiger charge is 2.32. The van der Waals surface area contributed by atoms with Gasteiger partial charge in [0, 0.05) is 25.7 Å². The molecule has 5 nitrogen and oxygen atoms in total. The van der Waals surface area contributed by atoms with Gasteiger partial charge in [-0.05, 0) is 33.4 Å². The second kappa shape index (κ2) is 6.83. The molecule has 1 aliphatic heterocycles. The number of nitrogens with one attached hydrogen (secondary N) is 1. The molecule has 0 amide bonds. The third-order valence-corrected chi connectivity index (χ3v) is 3.87. The molecule has 2 heterocycles. The molecule has 1 aliphatic rings. The number of aromatic nitrogens is 2. The van der Waals surface area contributed by atoms with E-state index in [2.05, 4.69) is 47.9 Å². The molecule has 2 rings (SSSR count). The van der Waals surface area contributed by atoms with E-state index in [1.807, 2.05) is 12.3 Å². The first-order valence-electron chi connectivity index (χ1n) is 7.53. The van der Waals surface area contributed by atoms with Crippen LogP contribution in [0.2, 0.25) is 0 Å². The molecule has 118 valence electrons. The highest BCUT2D eigenvalue weighted by Crippen LogP contribution is 2.27. The Morgan fingerprint density at radius 3 is 2.86 bits per heavy atom. The molecule has 1 unspecified atom stereocenters. The van der Waals surface area contributed by atoms with Gasteiger partial charge < -0.3 is 15.0 Å². The quantitative estimate of drug-likeness (QED) is 0.666. The summed E-state index contributed by atoms with van der Waals surface area (Å²) in [7, 11) is 0. The van der Waals surface area contributed by atoms with Crippen molar-refractivity contribution in [3.05, 3.63) is 6.07 Å². The Morgan fingerprint density at radius 1 is 1.48 bits per heavy atom. The van der Waals surface area contributed by atoms with E-state index in [0.717, 1.165) is 42.8 Å². The monoisotopic (exact) mass is 310 g/mol. The Morgan fingerprint density at radius 2 is 2.24 bits per heavy atom. The normalized spacial score (nSPS) is 21.4. The lowest BCUT2D eigenvalue weighted by Crippen LogP contribution is -2.52.